The van der Waals surface area contributed by atoms with Gasteiger partial charge in [0, 0.05) is 18.8 Å². The lowest BCUT2D eigenvalue weighted by Gasteiger charge is -2.21. The zero-order valence-electron chi connectivity index (χ0n) is 11.7. The second-order valence-corrected chi connectivity index (χ2v) is 5.12. The Morgan fingerprint density at radius 1 is 1.47 bits per heavy atom. The van der Waals surface area contributed by atoms with E-state index in [-0.39, 0.29) is 18.6 Å². The summed E-state index contributed by atoms with van der Waals surface area (Å²) in [5.74, 6) is -0.0675. The first-order valence-corrected chi connectivity index (χ1v) is 6.89. The minimum atomic E-state index is -0.0675. The molecule has 0 fully saturated rings. The number of nitrogens with one attached hydrogen (secondary N) is 2. The van der Waals surface area contributed by atoms with Crippen molar-refractivity contribution >= 4 is 11.6 Å². The third-order valence-electron chi connectivity index (χ3n) is 3.19. The summed E-state index contributed by atoms with van der Waals surface area (Å²) in [7, 11) is 0. The Morgan fingerprint density at radius 3 is 3.11 bits per heavy atom. The number of fused-ring (bicyclic) bond motifs is 1. The molecule has 0 aliphatic carbocycles. The Kier molecular flexibility index (Phi) is 4.80. The van der Waals surface area contributed by atoms with E-state index in [1.165, 1.54) is 17.7 Å². The fraction of sp³-hybridized carbons (Fsp3) is 0.533. The van der Waals surface area contributed by atoms with Gasteiger partial charge in [0.15, 0.2) is 0 Å². The SMILES string of the molecule is CC(C)OCC(=O)NCc1cccc2c1NCCC2. The van der Waals surface area contributed by atoms with Crippen LogP contribution in [0.15, 0.2) is 18.2 Å². The van der Waals surface area contributed by atoms with Gasteiger partial charge in [0.25, 0.3) is 0 Å². The molecule has 0 saturated heterocycles. The maximum atomic E-state index is 11.6. The van der Waals surface area contributed by atoms with Crippen LogP contribution in [0.25, 0.3) is 0 Å². The highest BCUT2D eigenvalue weighted by Gasteiger charge is 2.12. The number of anilines is 1. The van der Waals surface area contributed by atoms with Gasteiger partial charge in [-0.05, 0) is 37.8 Å². The van der Waals surface area contributed by atoms with Gasteiger partial charge in [0.2, 0.25) is 5.91 Å². The summed E-state index contributed by atoms with van der Waals surface area (Å²) >= 11 is 0. The van der Waals surface area contributed by atoms with Crippen LogP contribution in [-0.4, -0.2) is 25.2 Å². The van der Waals surface area contributed by atoms with Crippen LogP contribution in [0.5, 0.6) is 0 Å². The highest BCUT2D eigenvalue weighted by Crippen LogP contribution is 2.25. The van der Waals surface area contributed by atoms with Crippen molar-refractivity contribution in [2.24, 2.45) is 0 Å². The van der Waals surface area contributed by atoms with E-state index in [9.17, 15) is 4.79 Å². The Hall–Kier alpha value is -1.55. The molecule has 0 bridgehead atoms. The van der Waals surface area contributed by atoms with Gasteiger partial charge in [-0.25, -0.2) is 0 Å². The number of rotatable bonds is 5. The topological polar surface area (TPSA) is 50.4 Å². The summed E-state index contributed by atoms with van der Waals surface area (Å²) in [4.78, 5) is 11.6. The molecule has 4 nitrogen and oxygen atoms in total. The highest BCUT2D eigenvalue weighted by molar-refractivity contribution is 5.77. The highest BCUT2D eigenvalue weighted by atomic mass is 16.5. The first-order chi connectivity index (χ1) is 9.16. The van der Waals surface area contributed by atoms with Gasteiger partial charge in [0.1, 0.15) is 6.61 Å². The Balaban J connectivity index is 1.91. The van der Waals surface area contributed by atoms with Gasteiger partial charge in [-0.3, -0.25) is 4.79 Å². The van der Waals surface area contributed by atoms with E-state index in [0.717, 1.165) is 18.5 Å². The van der Waals surface area contributed by atoms with Crippen molar-refractivity contribution in [1.82, 2.24) is 5.32 Å². The number of ether oxygens (including phenoxy) is 1. The number of aryl methyl sites for hydroxylation is 1. The van der Waals surface area contributed by atoms with Crippen LogP contribution in [0, 0.1) is 0 Å². The van der Waals surface area contributed by atoms with Crippen molar-refractivity contribution in [2.45, 2.75) is 39.3 Å². The molecule has 0 atom stereocenters. The van der Waals surface area contributed by atoms with Gasteiger partial charge in [-0.15, -0.1) is 0 Å². The van der Waals surface area contributed by atoms with E-state index < -0.39 is 0 Å². The maximum Gasteiger partial charge on any atom is 0.246 e. The molecule has 1 aromatic carbocycles. The molecule has 4 heteroatoms. The first-order valence-electron chi connectivity index (χ1n) is 6.89. The second kappa shape index (κ2) is 6.57. The number of carbonyl (C=O) groups is 1. The van der Waals surface area contributed by atoms with Crippen LogP contribution in [0.1, 0.15) is 31.4 Å². The largest absolute Gasteiger partial charge is 0.385 e. The predicted octanol–water partition coefficient (Wildman–Crippen LogP) is 2.09. The first kappa shape index (κ1) is 13.9. The van der Waals surface area contributed by atoms with Crippen LogP contribution in [0.2, 0.25) is 0 Å². The van der Waals surface area contributed by atoms with Gasteiger partial charge in [-0.2, -0.15) is 0 Å². The molecule has 0 unspecified atom stereocenters. The van der Waals surface area contributed by atoms with Crippen LogP contribution in [-0.2, 0) is 22.5 Å². The van der Waals surface area contributed by atoms with Crippen molar-refractivity contribution < 1.29 is 9.53 Å². The lowest BCUT2D eigenvalue weighted by molar-refractivity contribution is -0.127. The summed E-state index contributed by atoms with van der Waals surface area (Å²) in [6.45, 7) is 5.53. The number of hydrogen-bond acceptors (Lipinski definition) is 3. The van der Waals surface area contributed by atoms with E-state index in [4.69, 9.17) is 4.74 Å². The summed E-state index contributed by atoms with van der Waals surface area (Å²) in [6, 6.07) is 6.26. The van der Waals surface area contributed by atoms with Crippen LogP contribution >= 0.6 is 0 Å². The maximum absolute atomic E-state index is 11.6. The van der Waals surface area contributed by atoms with E-state index in [0.29, 0.717) is 6.54 Å². The molecule has 1 aromatic rings. The summed E-state index contributed by atoms with van der Waals surface area (Å²) < 4.78 is 5.28. The van der Waals surface area contributed by atoms with E-state index in [2.05, 4.69) is 28.8 Å². The quantitative estimate of drug-likeness (QED) is 0.854. The Labute approximate surface area is 114 Å². The minimum absolute atomic E-state index is 0.0675. The normalized spacial score (nSPS) is 13.8. The van der Waals surface area contributed by atoms with E-state index in [1.54, 1.807) is 0 Å². The molecule has 1 aliphatic rings. The molecule has 104 valence electrons. The van der Waals surface area contributed by atoms with Crippen LogP contribution in [0.4, 0.5) is 5.69 Å². The van der Waals surface area contributed by atoms with Crippen molar-refractivity contribution in [2.75, 3.05) is 18.5 Å². The lowest BCUT2D eigenvalue weighted by atomic mass is 9.99. The summed E-state index contributed by atoms with van der Waals surface area (Å²) in [5.41, 5.74) is 3.69. The lowest BCUT2D eigenvalue weighted by Crippen LogP contribution is -2.29. The van der Waals surface area contributed by atoms with Gasteiger partial charge in [0.05, 0.1) is 6.10 Å². The molecule has 1 amide bonds. The van der Waals surface area contributed by atoms with Crippen LogP contribution in [0.3, 0.4) is 0 Å². The number of para-hydroxylation sites is 1. The number of benzene rings is 1. The van der Waals surface area contributed by atoms with Gasteiger partial charge in [-0.1, -0.05) is 18.2 Å². The molecular formula is C15H22N2O2. The van der Waals surface area contributed by atoms with E-state index >= 15 is 0 Å². The third kappa shape index (κ3) is 3.96. The monoisotopic (exact) mass is 262 g/mol. The standard InChI is InChI=1S/C15H22N2O2/c1-11(2)19-10-14(18)17-9-13-6-3-5-12-7-4-8-16-15(12)13/h3,5-6,11,16H,4,7-10H2,1-2H3,(H,17,18). The molecule has 0 saturated carbocycles. The fourth-order valence-corrected chi connectivity index (χ4v) is 2.22. The molecule has 19 heavy (non-hydrogen) atoms. The van der Waals surface area contributed by atoms with E-state index in [1.807, 2.05) is 13.8 Å². The molecule has 0 spiro atoms. The predicted molar refractivity (Wildman–Crippen MR) is 76.2 cm³/mol. The average Bonchev–Trinajstić information content (AvgIpc) is 2.42. The minimum Gasteiger partial charge on any atom is -0.385 e. The molecule has 0 radical (unpaired) electrons. The van der Waals surface area contributed by atoms with Crippen molar-refractivity contribution in [3.05, 3.63) is 29.3 Å². The second-order valence-electron chi connectivity index (χ2n) is 5.12. The average molecular weight is 262 g/mol. The molecular weight excluding hydrogens is 240 g/mol. The van der Waals surface area contributed by atoms with Gasteiger partial charge >= 0.3 is 0 Å². The Morgan fingerprint density at radius 2 is 2.32 bits per heavy atom. The number of carbonyl (C=O) groups excluding carboxylic acids is 1. The van der Waals surface area contributed by atoms with Crippen LogP contribution < -0.4 is 10.6 Å². The van der Waals surface area contributed by atoms with Crippen molar-refractivity contribution in [3.63, 3.8) is 0 Å². The molecule has 2 rings (SSSR count). The molecule has 0 aromatic heterocycles. The zero-order chi connectivity index (χ0) is 13.7. The van der Waals surface area contributed by atoms with Crippen molar-refractivity contribution in [3.8, 4) is 0 Å². The molecule has 1 aliphatic heterocycles. The van der Waals surface area contributed by atoms with Gasteiger partial charge < -0.3 is 15.4 Å². The number of hydrogen-bond donors (Lipinski definition) is 2. The molecule has 2 N–H and O–H groups in total. The number of amides is 1. The third-order valence-corrected chi connectivity index (χ3v) is 3.19. The summed E-state index contributed by atoms with van der Waals surface area (Å²) in [5, 5.41) is 6.32. The smallest absolute Gasteiger partial charge is 0.246 e. The fourth-order valence-electron chi connectivity index (χ4n) is 2.22. The summed E-state index contributed by atoms with van der Waals surface area (Å²) in [6.07, 6.45) is 2.36. The zero-order valence-corrected chi connectivity index (χ0v) is 11.7. The Bertz CT molecular complexity index is 444. The molecule has 1 heterocycles. The van der Waals surface area contributed by atoms with Crippen molar-refractivity contribution in [1.29, 1.82) is 0 Å².